The Labute approximate surface area is 85.9 Å². The van der Waals surface area contributed by atoms with Crippen molar-refractivity contribution in [3.63, 3.8) is 0 Å². The Bertz CT molecular complexity index is 163. The smallest absolute Gasteiger partial charge is 0.126 e. The topological polar surface area (TPSA) is 32.3 Å². The number of piperidine rings is 1. The average molecular weight is 203 g/mol. The summed E-state index contributed by atoms with van der Waals surface area (Å²) in [7, 11) is 0. The molecule has 0 bridgehead atoms. The Morgan fingerprint density at radius 1 is 1.21 bits per heavy atom. The Morgan fingerprint density at radius 3 is 2.21 bits per heavy atom. The first kappa shape index (κ1) is 11.9. The van der Waals surface area contributed by atoms with E-state index in [1.807, 2.05) is 13.8 Å². The van der Waals surface area contributed by atoms with E-state index in [1.165, 1.54) is 0 Å². The summed E-state index contributed by atoms with van der Waals surface area (Å²) in [6, 6.07) is 0. The number of hydrogen-bond acceptors (Lipinski definition) is 2. The van der Waals surface area contributed by atoms with E-state index >= 15 is 0 Å². The number of rotatable bonds is 0. The number of alkyl halides is 1. The van der Waals surface area contributed by atoms with Crippen LogP contribution in [0.15, 0.2) is 0 Å². The monoisotopic (exact) mass is 203 g/mol. The van der Waals surface area contributed by atoms with Gasteiger partial charge in [0.2, 0.25) is 0 Å². The zero-order valence-corrected chi connectivity index (χ0v) is 9.22. The van der Waals surface area contributed by atoms with Crippen LogP contribution in [0.4, 0.5) is 4.39 Å². The molecule has 14 heavy (non-hydrogen) atoms. The van der Waals surface area contributed by atoms with E-state index in [0.29, 0.717) is 6.42 Å². The molecule has 2 unspecified atom stereocenters. The van der Waals surface area contributed by atoms with Crippen LogP contribution in [-0.2, 0) is 0 Å². The number of nitrogens with one attached hydrogen (secondary N) is 1. The maximum atomic E-state index is 13.1. The summed E-state index contributed by atoms with van der Waals surface area (Å²) in [5.41, 5.74) is -0.0787. The summed E-state index contributed by atoms with van der Waals surface area (Å²) < 4.78 is 13.1. The molecule has 1 aliphatic carbocycles. The first-order valence-electron chi connectivity index (χ1n) is 5.77. The predicted molar refractivity (Wildman–Crippen MR) is 56.0 cm³/mol. The largest absolute Gasteiger partial charge is 0.390 e. The fraction of sp³-hybridized carbons (Fsp3) is 1.00. The van der Waals surface area contributed by atoms with Crippen LogP contribution >= 0.6 is 0 Å². The molecule has 1 saturated heterocycles. The number of halogens is 1. The van der Waals surface area contributed by atoms with E-state index < -0.39 is 12.3 Å². The maximum absolute atomic E-state index is 13.1. The van der Waals surface area contributed by atoms with Crippen LogP contribution in [0.5, 0.6) is 0 Å². The van der Waals surface area contributed by atoms with Crippen LogP contribution in [0.3, 0.4) is 0 Å². The summed E-state index contributed by atoms with van der Waals surface area (Å²) in [5, 5.41) is 12.9. The molecule has 1 spiro atoms. The SMILES string of the molecule is CC.OC1C(F)CCC12CCNCC2. The van der Waals surface area contributed by atoms with Crippen molar-refractivity contribution in [3.8, 4) is 0 Å². The van der Waals surface area contributed by atoms with Gasteiger partial charge in [-0.25, -0.2) is 4.39 Å². The van der Waals surface area contributed by atoms with E-state index in [-0.39, 0.29) is 5.41 Å². The van der Waals surface area contributed by atoms with Crippen molar-refractivity contribution in [2.45, 2.75) is 51.8 Å². The van der Waals surface area contributed by atoms with Gasteiger partial charge in [-0.1, -0.05) is 13.8 Å². The zero-order chi connectivity index (χ0) is 10.6. The Hall–Kier alpha value is -0.150. The minimum atomic E-state index is -0.969. The van der Waals surface area contributed by atoms with Crippen molar-refractivity contribution in [3.05, 3.63) is 0 Å². The minimum absolute atomic E-state index is 0.0787. The van der Waals surface area contributed by atoms with E-state index in [4.69, 9.17) is 0 Å². The van der Waals surface area contributed by atoms with Crippen molar-refractivity contribution < 1.29 is 9.50 Å². The van der Waals surface area contributed by atoms with Crippen molar-refractivity contribution >= 4 is 0 Å². The minimum Gasteiger partial charge on any atom is -0.390 e. The third-order valence-corrected chi connectivity index (χ3v) is 3.49. The number of aliphatic hydroxyl groups excluding tert-OH is 1. The number of aliphatic hydroxyl groups is 1. The lowest BCUT2D eigenvalue weighted by Crippen LogP contribution is -2.43. The average Bonchev–Trinajstić information content (AvgIpc) is 2.52. The summed E-state index contributed by atoms with van der Waals surface area (Å²) in [4.78, 5) is 0. The molecule has 0 aromatic carbocycles. The lowest BCUT2D eigenvalue weighted by Gasteiger charge is -2.36. The Kier molecular flexibility index (Phi) is 4.32. The molecule has 1 aliphatic heterocycles. The third kappa shape index (κ3) is 2.09. The third-order valence-electron chi connectivity index (χ3n) is 3.49. The first-order valence-corrected chi connectivity index (χ1v) is 5.77. The van der Waals surface area contributed by atoms with E-state index in [0.717, 1.165) is 32.4 Å². The summed E-state index contributed by atoms with van der Waals surface area (Å²) >= 11 is 0. The fourth-order valence-electron chi connectivity index (χ4n) is 2.59. The molecule has 2 nitrogen and oxygen atoms in total. The summed E-state index contributed by atoms with van der Waals surface area (Å²) in [5.74, 6) is 0. The highest BCUT2D eigenvalue weighted by Gasteiger charge is 2.48. The van der Waals surface area contributed by atoms with Crippen molar-refractivity contribution in [2.75, 3.05) is 13.1 Å². The predicted octanol–water partition coefficient (Wildman–Crippen LogP) is 1.88. The van der Waals surface area contributed by atoms with Gasteiger partial charge in [-0.15, -0.1) is 0 Å². The molecule has 1 heterocycles. The molecule has 0 radical (unpaired) electrons. The first-order chi connectivity index (χ1) is 6.75. The van der Waals surface area contributed by atoms with Gasteiger partial charge < -0.3 is 10.4 Å². The molecule has 0 aromatic rings. The van der Waals surface area contributed by atoms with E-state index in [2.05, 4.69) is 5.32 Å². The number of hydrogen-bond donors (Lipinski definition) is 2. The highest BCUT2D eigenvalue weighted by molar-refractivity contribution is 4.99. The Balaban J connectivity index is 0.000000461. The van der Waals surface area contributed by atoms with Crippen LogP contribution in [0.1, 0.15) is 39.5 Å². The molecule has 0 amide bonds. The van der Waals surface area contributed by atoms with Gasteiger partial charge in [0.15, 0.2) is 0 Å². The van der Waals surface area contributed by atoms with E-state index in [1.54, 1.807) is 0 Å². The molecule has 2 atom stereocenters. The summed E-state index contributed by atoms with van der Waals surface area (Å²) in [6.45, 7) is 5.87. The molecule has 1 saturated carbocycles. The lowest BCUT2D eigenvalue weighted by molar-refractivity contribution is -0.00631. The standard InChI is InChI=1S/C9H16FNO.C2H6/c10-7-1-2-9(8(7)12)3-5-11-6-4-9;1-2/h7-8,11-12H,1-6H2;1-2H3. The molecule has 2 rings (SSSR count). The highest BCUT2D eigenvalue weighted by Crippen LogP contribution is 2.46. The molecule has 3 heteroatoms. The van der Waals surface area contributed by atoms with Crippen LogP contribution in [-0.4, -0.2) is 30.5 Å². The van der Waals surface area contributed by atoms with Gasteiger partial charge in [-0.05, 0) is 38.8 Å². The van der Waals surface area contributed by atoms with Crippen LogP contribution in [0, 0.1) is 5.41 Å². The van der Waals surface area contributed by atoms with Crippen LogP contribution in [0.25, 0.3) is 0 Å². The van der Waals surface area contributed by atoms with Gasteiger partial charge in [-0.3, -0.25) is 0 Å². The molecule has 0 aromatic heterocycles. The van der Waals surface area contributed by atoms with Gasteiger partial charge in [0.25, 0.3) is 0 Å². The van der Waals surface area contributed by atoms with Crippen LogP contribution < -0.4 is 5.32 Å². The van der Waals surface area contributed by atoms with Crippen molar-refractivity contribution in [1.29, 1.82) is 0 Å². The van der Waals surface area contributed by atoms with Gasteiger partial charge >= 0.3 is 0 Å². The second-order valence-electron chi connectivity index (χ2n) is 4.11. The van der Waals surface area contributed by atoms with Crippen molar-refractivity contribution in [2.24, 2.45) is 5.41 Å². The van der Waals surface area contributed by atoms with Gasteiger partial charge in [0.1, 0.15) is 6.17 Å². The quantitative estimate of drug-likeness (QED) is 0.630. The molecule has 2 fully saturated rings. The normalized spacial score (nSPS) is 35.1. The lowest BCUT2D eigenvalue weighted by atomic mass is 9.76. The van der Waals surface area contributed by atoms with Crippen LogP contribution in [0.2, 0.25) is 0 Å². The summed E-state index contributed by atoms with van der Waals surface area (Å²) in [6.07, 6.45) is 1.64. The molecular weight excluding hydrogens is 181 g/mol. The van der Waals surface area contributed by atoms with E-state index in [9.17, 15) is 9.50 Å². The van der Waals surface area contributed by atoms with Gasteiger partial charge in [0.05, 0.1) is 6.10 Å². The van der Waals surface area contributed by atoms with Crippen molar-refractivity contribution in [1.82, 2.24) is 5.32 Å². The molecular formula is C11H22FNO. The molecule has 84 valence electrons. The Morgan fingerprint density at radius 2 is 1.79 bits per heavy atom. The molecule has 2 N–H and O–H groups in total. The second kappa shape index (κ2) is 5.08. The van der Waals surface area contributed by atoms with Gasteiger partial charge in [0, 0.05) is 5.41 Å². The fourth-order valence-corrected chi connectivity index (χ4v) is 2.59. The molecule has 2 aliphatic rings. The van der Waals surface area contributed by atoms with Gasteiger partial charge in [-0.2, -0.15) is 0 Å². The highest BCUT2D eigenvalue weighted by atomic mass is 19.1. The second-order valence-corrected chi connectivity index (χ2v) is 4.11. The maximum Gasteiger partial charge on any atom is 0.126 e. The zero-order valence-electron chi connectivity index (χ0n) is 9.22.